The van der Waals surface area contributed by atoms with Gasteiger partial charge in [-0.2, -0.15) is 0 Å². The first-order chi connectivity index (χ1) is 13.9. The van der Waals surface area contributed by atoms with Crippen LogP contribution >= 0.6 is 31.9 Å². The van der Waals surface area contributed by atoms with Gasteiger partial charge in [-0.3, -0.25) is 19.8 Å². The number of carbonyl (C=O) groups excluding carboxylic acids is 3. The fourth-order valence-corrected chi connectivity index (χ4v) is 3.24. The van der Waals surface area contributed by atoms with Gasteiger partial charge in [0.25, 0.3) is 5.91 Å². The van der Waals surface area contributed by atoms with Crippen molar-refractivity contribution in [1.29, 1.82) is 0 Å². The Kier molecular flexibility index (Phi) is 6.50. The third kappa shape index (κ3) is 4.93. The SMILES string of the molecule is C=CCNC(=O)C(=O)Nn1c(C(=O)Nc2ccc(Br)cc2)cc2cc(Br)ccc21. The van der Waals surface area contributed by atoms with E-state index >= 15 is 0 Å². The van der Waals surface area contributed by atoms with Crippen LogP contribution in [0.25, 0.3) is 10.9 Å². The summed E-state index contributed by atoms with van der Waals surface area (Å²) in [6, 6.07) is 14.0. The first-order valence-corrected chi connectivity index (χ1v) is 10.1. The van der Waals surface area contributed by atoms with Crippen molar-refractivity contribution in [2.24, 2.45) is 0 Å². The lowest BCUT2D eigenvalue weighted by atomic mass is 10.2. The number of amides is 3. The molecule has 0 aliphatic rings. The van der Waals surface area contributed by atoms with Crippen LogP contribution in [0, 0.1) is 0 Å². The Balaban J connectivity index is 1.94. The van der Waals surface area contributed by atoms with Gasteiger partial charge in [-0.1, -0.05) is 37.9 Å². The lowest BCUT2D eigenvalue weighted by Crippen LogP contribution is -2.39. The van der Waals surface area contributed by atoms with Gasteiger partial charge in [0.2, 0.25) is 0 Å². The summed E-state index contributed by atoms with van der Waals surface area (Å²) < 4.78 is 3.00. The van der Waals surface area contributed by atoms with Gasteiger partial charge in [-0.25, -0.2) is 4.68 Å². The van der Waals surface area contributed by atoms with E-state index < -0.39 is 17.7 Å². The smallest absolute Gasteiger partial charge is 0.328 e. The normalized spacial score (nSPS) is 10.4. The summed E-state index contributed by atoms with van der Waals surface area (Å²) in [6.07, 6.45) is 1.46. The van der Waals surface area contributed by atoms with Gasteiger partial charge >= 0.3 is 11.8 Å². The molecule has 0 spiro atoms. The molecule has 148 valence electrons. The van der Waals surface area contributed by atoms with Crippen molar-refractivity contribution in [1.82, 2.24) is 9.99 Å². The maximum atomic E-state index is 12.9. The number of nitrogens with one attached hydrogen (secondary N) is 3. The number of aromatic nitrogens is 1. The van der Waals surface area contributed by atoms with Gasteiger partial charge in [-0.15, -0.1) is 6.58 Å². The van der Waals surface area contributed by atoms with Crippen molar-refractivity contribution in [2.45, 2.75) is 0 Å². The summed E-state index contributed by atoms with van der Waals surface area (Å²) in [6.45, 7) is 3.64. The molecular weight excluding hydrogens is 504 g/mol. The first kappa shape index (κ1) is 20.8. The molecule has 1 heterocycles. The summed E-state index contributed by atoms with van der Waals surface area (Å²) in [4.78, 5) is 37.1. The Morgan fingerprint density at radius 2 is 1.66 bits per heavy atom. The molecule has 3 amide bonds. The molecule has 0 fully saturated rings. The molecule has 1 aromatic heterocycles. The molecule has 0 atom stereocenters. The Morgan fingerprint density at radius 3 is 2.34 bits per heavy atom. The second-order valence-electron chi connectivity index (χ2n) is 5.97. The lowest BCUT2D eigenvalue weighted by Gasteiger charge is -2.12. The van der Waals surface area contributed by atoms with Crippen LogP contribution in [0.15, 0.2) is 70.1 Å². The minimum absolute atomic E-state index is 0.155. The number of fused-ring (bicyclic) bond motifs is 1. The largest absolute Gasteiger partial charge is 0.344 e. The van der Waals surface area contributed by atoms with Crippen LogP contribution in [-0.4, -0.2) is 28.9 Å². The summed E-state index contributed by atoms with van der Waals surface area (Å²) in [5, 5.41) is 5.90. The number of anilines is 1. The van der Waals surface area contributed by atoms with Gasteiger partial charge in [-0.05, 0) is 48.5 Å². The van der Waals surface area contributed by atoms with Gasteiger partial charge in [0.1, 0.15) is 5.69 Å². The molecule has 3 rings (SSSR count). The molecule has 0 bridgehead atoms. The highest BCUT2D eigenvalue weighted by Crippen LogP contribution is 2.24. The Morgan fingerprint density at radius 1 is 0.966 bits per heavy atom. The standard InChI is InChI=1S/C20H16Br2N4O3/c1-2-9-23-19(28)20(29)25-26-16-8-5-14(22)10-12(16)11-17(26)18(27)24-15-6-3-13(21)4-7-15/h2-8,10-11H,1,9H2,(H,23,28)(H,24,27)(H,25,29). The Hall–Kier alpha value is -2.91. The van der Waals surface area contributed by atoms with Crippen molar-refractivity contribution in [3.63, 3.8) is 0 Å². The Labute approximate surface area is 183 Å². The molecule has 2 aromatic carbocycles. The van der Waals surface area contributed by atoms with Crippen molar-refractivity contribution < 1.29 is 14.4 Å². The topological polar surface area (TPSA) is 92.2 Å². The quantitative estimate of drug-likeness (QED) is 0.353. The predicted octanol–water partition coefficient (Wildman–Crippen LogP) is 3.79. The average Bonchev–Trinajstić information content (AvgIpc) is 3.05. The van der Waals surface area contributed by atoms with Crippen LogP contribution < -0.4 is 16.1 Å². The van der Waals surface area contributed by atoms with Crippen LogP contribution in [0.4, 0.5) is 5.69 Å². The molecule has 0 aliphatic carbocycles. The van der Waals surface area contributed by atoms with Crippen LogP contribution in [0.5, 0.6) is 0 Å². The highest BCUT2D eigenvalue weighted by atomic mass is 79.9. The van der Waals surface area contributed by atoms with E-state index in [4.69, 9.17) is 0 Å². The number of hydrogen-bond acceptors (Lipinski definition) is 3. The van der Waals surface area contributed by atoms with E-state index in [1.807, 2.05) is 6.07 Å². The second kappa shape index (κ2) is 9.06. The molecule has 9 heteroatoms. The molecule has 29 heavy (non-hydrogen) atoms. The van der Waals surface area contributed by atoms with Crippen LogP contribution in [0.3, 0.4) is 0 Å². The van der Waals surface area contributed by atoms with E-state index in [1.54, 1.807) is 42.5 Å². The number of rotatable bonds is 5. The Bertz CT molecular complexity index is 1110. The molecular formula is C20H16Br2N4O3. The van der Waals surface area contributed by atoms with Gasteiger partial charge in [0.15, 0.2) is 0 Å². The van der Waals surface area contributed by atoms with Crippen LogP contribution in [0.1, 0.15) is 10.5 Å². The summed E-state index contributed by atoms with van der Waals surface area (Å²) in [5.74, 6) is -2.17. The second-order valence-corrected chi connectivity index (χ2v) is 7.80. The zero-order chi connectivity index (χ0) is 21.0. The molecule has 3 N–H and O–H groups in total. The third-order valence-corrected chi connectivity index (χ3v) is 4.95. The molecule has 7 nitrogen and oxygen atoms in total. The van der Waals surface area contributed by atoms with E-state index in [-0.39, 0.29) is 12.2 Å². The summed E-state index contributed by atoms with van der Waals surface area (Å²) in [7, 11) is 0. The van der Waals surface area contributed by atoms with E-state index in [9.17, 15) is 14.4 Å². The van der Waals surface area contributed by atoms with Gasteiger partial charge < -0.3 is 10.6 Å². The minimum Gasteiger partial charge on any atom is -0.344 e. The monoisotopic (exact) mass is 518 g/mol. The average molecular weight is 520 g/mol. The van der Waals surface area contributed by atoms with Crippen molar-refractivity contribution in [2.75, 3.05) is 17.3 Å². The van der Waals surface area contributed by atoms with Crippen molar-refractivity contribution >= 4 is 66.2 Å². The number of benzene rings is 2. The fraction of sp³-hybridized carbons (Fsp3) is 0.0500. The fourth-order valence-electron chi connectivity index (χ4n) is 2.60. The summed E-state index contributed by atoms with van der Waals surface area (Å²) >= 11 is 6.74. The highest BCUT2D eigenvalue weighted by Gasteiger charge is 2.20. The maximum Gasteiger partial charge on any atom is 0.328 e. The summed E-state index contributed by atoms with van der Waals surface area (Å²) in [5.41, 5.74) is 3.82. The number of carbonyl (C=O) groups is 3. The third-order valence-electron chi connectivity index (χ3n) is 3.92. The van der Waals surface area contributed by atoms with Crippen LogP contribution in [0.2, 0.25) is 0 Å². The molecule has 0 aliphatic heterocycles. The molecule has 3 aromatic rings. The van der Waals surface area contributed by atoms with E-state index in [2.05, 4.69) is 54.5 Å². The van der Waals surface area contributed by atoms with Gasteiger partial charge in [0.05, 0.1) is 5.52 Å². The lowest BCUT2D eigenvalue weighted by molar-refractivity contribution is -0.136. The van der Waals surface area contributed by atoms with E-state index in [0.717, 1.165) is 8.95 Å². The maximum absolute atomic E-state index is 12.9. The van der Waals surface area contributed by atoms with E-state index in [1.165, 1.54) is 10.8 Å². The predicted molar refractivity (Wildman–Crippen MR) is 119 cm³/mol. The number of nitrogens with zero attached hydrogens (tertiary/aromatic N) is 1. The van der Waals surface area contributed by atoms with Crippen LogP contribution in [-0.2, 0) is 9.59 Å². The number of halogens is 2. The molecule has 0 saturated carbocycles. The zero-order valence-corrected chi connectivity index (χ0v) is 18.2. The molecule has 0 unspecified atom stereocenters. The van der Waals surface area contributed by atoms with E-state index in [0.29, 0.717) is 16.6 Å². The highest BCUT2D eigenvalue weighted by molar-refractivity contribution is 9.10. The number of hydrogen-bond donors (Lipinski definition) is 3. The molecule has 0 saturated heterocycles. The van der Waals surface area contributed by atoms with Gasteiger partial charge in [0, 0.05) is 26.6 Å². The minimum atomic E-state index is -0.898. The first-order valence-electron chi connectivity index (χ1n) is 8.47. The molecule has 0 radical (unpaired) electrons. The zero-order valence-electron chi connectivity index (χ0n) is 15.0. The van der Waals surface area contributed by atoms with Crippen molar-refractivity contribution in [3.8, 4) is 0 Å². The van der Waals surface area contributed by atoms with Crippen molar-refractivity contribution in [3.05, 3.63) is 75.8 Å².